The van der Waals surface area contributed by atoms with E-state index in [0.29, 0.717) is 0 Å². The summed E-state index contributed by atoms with van der Waals surface area (Å²) >= 11 is 0. The molecule has 9 heteroatoms. The van der Waals surface area contributed by atoms with Gasteiger partial charge in [-0.1, -0.05) is 218 Å². The van der Waals surface area contributed by atoms with Gasteiger partial charge < -0.3 is 9.11 Å². The van der Waals surface area contributed by atoms with Crippen molar-refractivity contribution in [3.05, 3.63) is 82.9 Å². The Hall–Kier alpha value is -1.86. The largest absolute Gasteiger partial charge is 2.00 e. The van der Waals surface area contributed by atoms with Crippen LogP contribution in [0.4, 0.5) is 0 Å². The fourth-order valence-electron chi connectivity index (χ4n) is 9.24. The monoisotopic (exact) mass is 1130 g/mol. The molecule has 4 aromatic rings. The van der Waals surface area contributed by atoms with Crippen molar-refractivity contribution in [2.24, 2.45) is 0 Å². The Morgan fingerprint density at radius 1 is 0.338 bits per heavy atom. The van der Waals surface area contributed by atoms with E-state index in [0.717, 1.165) is 60.1 Å². The predicted octanol–water partition coefficient (Wildman–Crippen LogP) is 16.3. The van der Waals surface area contributed by atoms with Gasteiger partial charge >= 0.3 is 27.3 Å². The second-order valence-corrected chi connectivity index (χ2v) is 21.3. The Bertz CT molecular complexity index is 1960. The molecule has 6 nitrogen and oxygen atoms in total. The molecule has 0 atom stereocenters. The van der Waals surface area contributed by atoms with Gasteiger partial charge in [0.25, 0.3) is 0 Å². The maximum absolute atomic E-state index is 11.6. The molecule has 4 rings (SSSR count). The Labute approximate surface area is 418 Å². The summed E-state index contributed by atoms with van der Waals surface area (Å²) in [4.78, 5) is -0.224. The normalized spacial score (nSPS) is 11.8. The van der Waals surface area contributed by atoms with Crippen molar-refractivity contribution in [3.63, 3.8) is 0 Å². The van der Waals surface area contributed by atoms with Crippen LogP contribution in [0.1, 0.15) is 230 Å². The minimum absolute atomic E-state index is 0. The molecule has 65 heavy (non-hydrogen) atoms. The van der Waals surface area contributed by atoms with Crippen LogP contribution in [0, 0.1) is 0 Å². The summed E-state index contributed by atoms with van der Waals surface area (Å²) in [6.45, 7) is 8.97. The zero-order chi connectivity index (χ0) is 46.5. The van der Waals surface area contributed by atoms with Crippen molar-refractivity contribution < 1.29 is 25.9 Å². The molecule has 2 radical (unpaired) electrons. The first-order valence-corrected chi connectivity index (χ1v) is 28.8. The molecule has 362 valence electrons. The second kappa shape index (κ2) is 34.4. The van der Waals surface area contributed by atoms with Gasteiger partial charge in [-0.15, -0.1) is 0 Å². The average Bonchev–Trinajstić information content (AvgIpc) is 3.27. The van der Waals surface area contributed by atoms with Gasteiger partial charge in [-0.05, 0) is 119 Å². The van der Waals surface area contributed by atoms with Gasteiger partial charge in [0, 0.05) is 0 Å². The molecule has 0 saturated heterocycles. The van der Waals surface area contributed by atoms with Crippen LogP contribution in [0.2, 0.25) is 0 Å². The topological polar surface area (TPSA) is 114 Å². The van der Waals surface area contributed by atoms with Crippen molar-refractivity contribution >= 4 is 69.1 Å². The van der Waals surface area contributed by atoms with Gasteiger partial charge in [0.1, 0.15) is 20.2 Å². The van der Waals surface area contributed by atoms with Crippen LogP contribution in [0.25, 0.3) is 21.5 Å². The molecule has 0 aliphatic carbocycles. The van der Waals surface area contributed by atoms with E-state index in [4.69, 9.17) is 0 Å². The second-order valence-electron chi connectivity index (χ2n) is 18.6. The maximum atomic E-state index is 11.6. The van der Waals surface area contributed by atoms with Crippen LogP contribution in [0.3, 0.4) is 0 Å². The Balaban J connectivity index is 0.000000440. The number of hydrogen-bond acceptors (Lipinski definition) is 6. The average molecular weight is 1130 g/mol. The van der Waals surface area contributed by atoms with Crippen LogP contribution in [0.15, 0.2) is 70.5 Å². The van der Waals surface area contributed by atoms with Crippen LogP contribution in [0.5, 0.6) is 0 Å². The zero-order valence-corrected chi connectivity index (χ0v) is 46.7. The molecule has 0 N–H and O–H groups in total. The standard InChI is InChI=1S/2C28H44O3S.Pb/c2*1-3-5-7-9-11-13-15-17-24-19-20-25-21-22-26(32(29,30)31)23-28(25)27(24)18-16-14-12-10-8-6-4-2;/h2*19-23H,3-18H2,1-2H3,(H,29,30,31);/q;;+2/p-2. The number of rotatable bonds is 34. The first kappa shape index (κ1) is 59.3. The molecule has 0 spiro atoms. The molecule has 0 amide bonds. The van der Waals surface area contributed by atoms with E-state index in [1.54, 1.807) is 24.3 Å². The van der Waals surface area contributed by atoms with E-state index in [1.807, 2.05) is 0 Å². The SMILES string of the molecule is CCCCCCCCCc1ccc2ccc(S(=O)(=O)[O-])cc2c1CCCCCCCCC.CCCCCCCCCc1ccc2ccc(S(=O)(=O)[O-])cc2c1CCCCCCCCC.[Pb+2]. The van der Waals surface area contributed by atoms with Crippen LogP contribution < -0.4 is 0 Å². The molecule has 0 aliphatic rings. The van der Waals surface area contributed by atoms with Gasteiger partial charge in [0.05, 0.1) is 9.79 Å². The third kappa shape index (κ3) is 23.3. The number of fused-ring (bicyclic) bond motifs is 2. The Kier molecular flexibility index (Phi) is 31.4. The predicted molar refractivity (Wildman–Crippen MR) is 276 cm³/mol. The molecule has 0 heterocycles. The maximum Gasteiger partial charge on any atom is 2.00 e. The summed E-state index contributed by atoms with van der Waals surface area (Å²) in [6, 6.07) is 18.3. The van der Waals surface area contributed by atoms with Gasteiger partial charge in [-0.3, -0.25) is 0 Å². The van der Waals surface area contributed by atoms with Crippen LogP contribution in [-0.4, -0.2) is 53.2 Å². The van der Waals surface area contributed by atoms with E-state index in [1.165, 1.54) is 201 Å². The third-order valence-corrected chi connectivity index (χ3v) is 14.8. The molecule has 0 unspecified atom stereocenters. The smallest absolute Gasteiger partial charge is 0.744 e. The van der Waals surface area contributed by atoms with Gasteiger partial charge in [0.15, 0.2) is 0 Å². The molecule has 0 aromatic heterocycles. The summed E-state index contributed by atoms with van der Waals surface area (Å²) in [5, 5.41) is 3.96. The van der Waals surface area contributed by atoms with Crippen molar-refractivity contribution in [2.75, 3.05) is 0 Å². The fraction of sp³-hybridized carbons (Fsp3) is 0.643. The van der Waals surface area contributed by atoms with Crippen molar-refractivity contribution in [2.45, 2.75) is 243 Å². The quantitative estimate of drug-likeness (QED) is 0.0261. The van der Waals surface area contributed by atoms with E-state index in [2.05, 4.69) is 52.0 Å². The third-order valence-electron chi connectivity index (χ3n) is 13.1. The van der Waals surface area contributed by atoms with Crippen molar-refractivity contribution in [3.8, 4) is 0 Å². The van der Waals surface area contributed by atoms with Crippen LogP contribution in [-0.2, 0) is 45.9 Å². The summed E-state index contributed by atoms with van der Waals surface area (Å²) in [5.41, 5.74) is 5.18. The van der Waals surface area contributed by atoms with E-state index in [9.17, 15) is 25.9 Å². The van der Waals surface area contributed by atoms with Gasteiger partial charge in [0.2, 0.25) is 0 Å². The molecular weight excluding hydrogens is 1040 g/mol. The fourth-order valence-corrected chi connectivity index (χ4v) is 10.2. The summed E-state index contributed by atoms with van der Waals surface area (Å²) in [7, 11) is -8.89. The number of benzene rings is 4. The van der Waals surface area contributed by atoms with Gasteiger partial charge in [-0.25, -0.2) is 16.8 Å². The zero-order valence-electron chi connectivity index (χ0n) is 41.2. The first-order valence-electron chi connectivity index (χ1n) is 25.9. The summed E-state index contributed by atoms with van der Waals surface area (Å²) < 4.78 is 69.7. The summed E-state index contributed by atoms with van der Waals surface area (Å²) in [6.07, 6.45) is 39.5. The number of hydrogen-bond donors (Lipinski definition) is 0. The van der Waals surface area contributed by atoms with E-state index < -0.39 is 20.2 Å². The molecule has 0 fully saturated rings. The minimum Gasteiger partial charge on any atom is -0.744 e. The molecule has 0 aliphatic heterocycles. The molecule has 4 aromatic carbocycles. The number of aryl methyl sites for hydroxylation is 4. The molecule has 0 saturated carbocycles. The van der Waals surface area contributed by atoms with Gasteiger partial charge in [-0.2, -0.15) is 0 Å². The molecular formula is C56H86O6PbS2. The minimum atomic E-state index is -4.44. The van der Waals surface area contributed by atoms with E-state index in [-0.39, 0.29) is 37.1 Å². The Morgan fingerprint density at radius 3 is 0.862 bits per heavy atom. The van der Waals surface area contributed by atoms with Crippen LogP contribution >= 0.6 is 0 Å². The number of unbranched alkanes of at least 4 members (excludes halogenated alkanes) is 24. The van der Waals surface area contributed by atoms with Crippen molar-refractivity contribution in [1.29, 1.82) is 0 Å². The summed E-state index contributed by atoms with van der Waals surface area (Å²) in [5.74, 6) is 0. The van der Waals surface area contributed by atoms with E-state index >= 15 is 0 Å². The molecule has 0 bridgehead atoms. The van der Waals surface area contributed by atoms with Crippen molar-refractivity contribution in [1.82, 2.24) is 0 Å². The Morgan fingerprint density at radius 2 is 0.585 bits per heavy atom. The first-order chi connectivity index (χ1) is 30.9.